The average Bonchev–Trinajstić information content (AvgIpc) is 2.66. The third-order valence-corrected chi connectivity index (χ3v) is 4.63. The molecule has 1 aromatic carbocycles. The molecule has 0 spiro atoms. The first-order valence-electron chi connectivity index (χ1n) is 8.86. The van der Waals surface area contributed by atoms with E-state index in [1.54, 1.807) is 6.08 Å². The highest BCUT2D eigenvalue weighted by Gasteiger charge is 2.09. The molecule has 27 heavy (non-hydrogen) atoms. The van der Waals surface area contributed by atoms with E-state index in [2.05, 4.69) is 27.4 Å². The summed E-state index contributed by atoms with van der Waals surface area (Å²) in [5.41, 5.74) is 4.82. The first-order valence-corrected chi connectivity index (χ1v) is 9.85. The van der Waals surface area contributed by atoms with Crippen LogP contribution in [0.3, 0.4) is 0 Å². The van der Waals surface area contributed by atoms with Crippen molar-refractivity contribution in [1.82, 2.24) is 15.4 Å². The van der Waals surface area contributed by atoms with E-state index in [0.717, 1.165) is 36.1 Å². The lowest BCUT2D eigenvalue weighted by molar-refractivity contribution is -0.118. The van der Waals surface area contributed by atoms with E-state index < -0.39 is 0 Å². The second kappa shape index (κ2) is 11.1. The number of allylic oxidation sites excluding steroid dienone is 1. The number of aromatic nitrogens is 2. The fourth-order valence-electron chi connectivity index (χ4n) is 2.34. The van der Waals surface area contributed by atoms with Crippen molar-refractivity contribution >= 4 is 30.0 Å². The lowest BCUT2D eigenvalue weighted by Crippen LogP contribution is -2.21. The van der Waals surface area contributed by atoms with Gasteiger partial charge in [0.2, 0.25) is 0 Å². The van der Waals surface area contributed by atoms with Crippen molar-refractivity contribution in [1.29, 1.82) is 0 Å². The average molecular weight is 385 g/mol. The van der Waals surface area contributed by atoms with Gasteiger partial charge < -0.3 is 4.98 Å². The van der Waals surface area contributed by atoms with Crippen LogP contribution in [0.2, 0.25) is 0 Å². The van der Waals surface area contributed by atoms with Crippen LogP contribution in [-0.2, 0) is 11.2 Å². The van der Waals surface area contributed by atoms with Crippen LogP contribution in [-0.4, -0.2) is 27.8 Å². The Labute approximate surface area is 163 Å². The lowest BCUT2D eigenvalue weighted by atomic mass is 10.1. The van der Waals surface area contributed by atoms with Gasteiger partial charge in [-0.3, -0.25) is 9.59 Å². The topological polar surface area (TPSA) is 87.2 Å². The summed E-state index contributed by atoms with van der Waals surface area (Å²) in [7, 11) is 0. The fraction of sp³-hybridized carbons (Fsp3) is 0.300. The zero-order valence-electron chi connectivity index (χ0n) is 15.6. The molecular weight excluding hydrogens is 360 g/mol. The first-order chi connectivity index (χ1) is 13.1. The zero-order valence-corrected chi connectivity index (χ0v) is 16.4. The van der Waals surface area contributed by atoms with E-state index in [9.17, 15) is 9.59 Å². The Balaban J connectivity index is 1.80. The number of hydrogen-bond acceptors (Lipinski definition) is 5. The Hall–Kier alpha value is -2.67. The predicted octanol–water partition coefficient (Wildman–Crippen LogP) is 3.33. The van der Waals surface area contributed by atoms with E-state index in [4.69, 9.17) is 0 Å². The number of aromatic amines is 1. The Kier molecular flexibility index (Phi) is 8.51. The van der Waals surface area contributed by atoms with E-state index >= 15 is 0 Å². The number of amides is 1. The SMILES string of the molecule is CCCCc1c(C)nc(SCC(=O)NN=CC=Cc2ccccc2)[nH]c1=O. The summed E-state index contributed by atoms with van der Waals surface area (Å²) in [6.45, 7) is 3.91. The Bertz CT molecular complexity index is 860. The van der Waals surface area contributed by atoms with Crippen LogP contribution in [0.4, 0.5) is 0 Å². The van der Waals surface area contributed by atoms with E-state index in [1.807, 2.05) is 43.3 Å². The molecule has 0 saturated heterocycles. The Morgan fingerprint density at radius 1 is 1.33 bits per heavy atom. The molecule has 0 aliphatic heterocycles. The number of hydrazone groups is 1. The number of rotatable bonds is 9. The van der Waals surface area contributed by atoms with Gasteiger partial charge in [-0.2, -0.15) is 5.10 Å². The summed E-state index contributed by atoms with van der Waals surface area (Å²) in [4.78, 5) is 31.1. The Morgan fingerprint density at radius 3 is 2.81 bits per heavy atom. The molecule has 142 valence electrons. The van der Waals surface area contributed by atoms with Crippen molar-refractivity contribution in [2.75, 3.05) is 5.75 Å². The molecule has 1 amide bonds. The van der Waals surface area contributed by atoms with Crippen molar-refractivity contribution in [3.63, 3.8) is 0 Å². The third-order valence-electron chi connectivity index (χ3n) is 3.76. The van der Waals surface area contributed by atoms with Crippen LogP contribution in [0.15, 0.2) is 51.5 Å². The maximum Gasteiger partial charge on any atom is 0.254 e. The van der Waals surface area contributed by atoms with Gasteiger partial charge in [-0.05, 0) is 31.4 Å². The molecule has 0 bridgehead atoms. The van der Waals surface area contributed by atoms with Gasteiger partial charge >= 0.3 is 0 Å². The first kappa shape index (κ1) is 20.6. The van der Waals surface area contributed by atoms with Crippen LogP contribution < -0.4 is 11.0 Å². The monoisotopic (exact) mass is 384 g/mol. The maximum atomic E-state index is 12.1. The minimum atomic E-state index is -0.264. The maximum absolute atomic E-state index is 12.1. The van der Waals surface area contributed by atoms with E-state index in [0.29, 0.717) is 5.16 Å². The van der Waals surface area contributed by atoms with Crippen molar-refractivity contribution in [3.8, 4) is 0 Å². The number of thioether (sulfide) groups is 1. The molecule has 0 saturated carbocycles. The second-order valence-corrected chi connectivity index (χ2v) is 6.87. The minimum absolute atomic E-state index is 0.121. The molecule has 0 aliphatic rings. The summed E-state index contributed by atoms with van der Waals surface area (Å²) >= 11 is 1.18. The highest BCUT2D eigenvalue weighted by atomic mass is 32.2. The van der Waals surface area contributed by atoms with Crippen LogP contribution in [0.25, 0.3) is 6.08 Å². The number of nitrogens with zero attached hydrogens (tertiary/aromatic N) is 2. The minimum Gasteiger partial charge on any atom is -0.301 e. The van der Waals surface area contributed by atoms with Crippen LogP contribution in [0.5, 0.6) is 0 Å². The summed E-state index contributed by atoms with van der Waals surface area (Å²) in [6, 6.07) is 9.80. The van der Waals surface area contributed by atoms with Gasteiger partial charge in [-0.25, -0.2) is 10.4 Å². The highest BCUT2D eigenvalue weighted by Crippen LogP contribution is 2.13. The molecule has 2 aromatic rings. The van der Waals surface area contributed by atoms with Crippen molar-refractivity contribution in [3.05, 3.63) is 63.6 Å². The van der Waals surface area contributed by atoms with Crippen LogP contribution >= 0.6 is 11.8 Å². The summed E-state index contributed by atoms with van der Waals surface area (Å²) in [5, 5.41) is 4.31. The number of carbonyl (C=O) groups excluding carboxylic acids is 1. The zero-order chi connectivity index (χ0) is 19.5. The molecule has 0 fully saturated rings. The van der Waals surface area contributed by atoms with Gasteiger partial charge in [0.25, 0.3) is 11.5 Å². The number of hydrogen-bond donors (Lipinski definition) is 2. The standard InChI is InChI=1S/C20H24N4O2S/c1-3-4-12-17-15(2)22-20(23-19(17)26)27-14-18(25)24-21-13-8-11-16-9-6-5-7-10-16/h5-11,13H,3-4,12,14H2,1-2H3,(H,24,25)(H,22,23,26). The molecule has 1 aromatic heterocycles. The van der Waals surface area contributed by atoms with Gasteiger partial charge in [0.05, 0.1) is 5.75 Å². The Morgan fingerprint density at radius 2 is 2.11 bits per heavy atom. The summed E-state index contributed by atoms with van der Waals surface area (Å²) in [6.07, 6.45) is 7.86. The molecule has 0 atom stereocenters. The van der Waals surface area contributed by atoms with Crippen molar-refractivity contribution in [2.24, 2.45) is 5.10 Å². The van der Waals surface area contributed by atoms with E-state index in [-0.39, 0.29) is 17.2 Å². The number of carbonyl (C=O) groups is 1. The number of H-pyrrole nitrogens is 1. The van der Waals surface area contributed by atoms with Crippen molar-refractivity contribution in [2.45, 2.75) is 38.3 Å². The molecule has 2 N–H and O–H groups in total. The van der Waals surface area contributed by atoms with Gasteiger partial charge in [0.1, 0.15) is 0 Å². The normalized spacial score (nSPS) is 11.3. The molecule has 6 nitrogen and oxygen atoms in total. The quantitative estimate of drug-likeness (QED) is 0.300. The van der Waals surface area contributed by atoms with Gasteiger partial charge in [0, 0.05) is 17.5 Å². The highest BCUT2D eigenvalue weighted by molar-refractivity contribution is 7.99. The third kappa shape index (κ3) is 7.22. The molecule has 0 aliphatic carbocycles. The number of unbranched alkanes of at least 4 members (excludes halogenated alkanes) is 1. The van der Waals surface area contributed by atoms with Crippen LogP contribution in [0, 0.1) is 6.92 Å². The summed E-state index contributed by atoms with van der Waals surface area (Å²) in [5.74, 6) is -0.143. The fourth-order valence-corrected chi connectivity index (χ4v) is 3.04. The van der Waals surface area contributed by atoms with Gasteiger partial charge in [-0.1, -0.05) is 61.5 Å². The number of aryl methyl sites for hydroxylation is 1. The largest absolute Gasteiger partial charge is 0.301 e. The molecule has 7 heteroatoms. The molecule has 2 rings (SSSR count). The molecule has 0 unspecified atom stereocenters. The van der Waals surface area contributed by atoms with Crippen molar-refractivity contribution < 1.29 is 4.79 Å². The van der Waals surface area contributed by atoms with Gasteiger partial charge in [0.15, 0.2) is 5.16 Å². The summed E-state index contributed by atoms with van der Waals surface area (Å²) < 4.78 is 0. The molecular formula is C20H24N4O2S. The number of nitrogens with one attached hydrogen (secondary N) is 2. The van der Waals surface area contributed by atoms with E-state index in [1.165, 1.54) is 18.0 Å². The van der Waals surface area contributed by atoms with Crippen LogP contribution in [0.1, 0.15) is 36.6 Å². The molecule has 0 radical (unpaired) electrons. The van der Waals surface area contributed by atoms with Gasteiger partial charge in [-0.15, -0.1) is 0 Å². The number of benzene rings is 1. The lowest BCUT2D eigenvalue weighted by Gasteiger charge is -2.06. The second-order valence-electron chi connectivity index (χ2n) is 5.91. The predicted molar refractivity (Wildman–Crippen MR) is 111 cm³/mol. The molecule has 1 heterocycles. The smallest absolute Gasteiger partial charge is 0.254 e.